The summed E-state index contributed by atoms with van der Waals surface area (Å²) in [5.74, 6) is -1.14. The van der Waals surface area contributed by atoms with Crippen LogP contribution in [0.4, 0.5) is 5.69 Å². The molecular weight excluding hydrogens is 396 g/mol. The number of ether oxygens (including phenoxy) is 1. The first-order valence-corrected chi connectivity index (χ1v) is 10.1. The minimum absolute atomic E-state index is 0.0335. The lowest BCUT2D eigenvalue weighted by Gasteiger charge is -2.15. The maximum absolute atomic E-state index is 12.2. The average molecular weight is 420 g/mol. The Bertz CT molecular complexity index is 967. The van der Waals surface area contributed by atoms with E-state index in [2.05, 4.69) is 5.32 Å². The van der Waals surface area contributed by atoms with Gasteiger partial charge in [-0.15, -0.1) is 0 Å². The summed E-state index contributed by atoms with van der Waals surface area (Å²) in [4.78, 5) is 49.3. The zero-order valence-corrected chi connectivity index (χ0v) is 17.1. The monoisotopic (exact) mass is 420 g/mol. The molecule has 0 unspecified atom stereocenters. The van der Waals surface area contributed by atoms with Gasteiger partial charge in [-0.05, 0) is 42.3 Å². The molecule has 2 aromatic rings. The van der Waals surface area contributed by atoms with E-state index in [0.717, 1.165) is 17.7 Å². The van der Waals surface area contributed by atoms with Crippen LogP contribution in [-0.2, 0) is 19.1 Å². The van der Waals surface area contributed by atoms with Gasteiger partial charge in [-0.1, -0.05) is 30.3 Å². The van der Waals surface area contributed by atoms with Gasteiger partial charge in [0.05, 0.1) is 6.42 Å². The van der Waals surface area contributed by atoms with Gasteiger partial charge in [-0.25, -0.2) is 0 Å². The number of benzene rings is 2. The predicted molar refractivity (Wildman–Crippen MR) is 116 cm³/mol. The molecule has 160 valence electrons. The zero-order chi connectivity index (χ0) is 22.1. The molecule has 0 bridgehead atoms. The summed E-state index contributed by atoms with van der Waals surface area (Å²) in [6.45, 7) is 0.425. The van der Waals surface area contributed by atoms with Crippen molar-refractivity contribution in [3.8, 4) is 0 Å². The number of anilines is 1. The summed E-state index contributed by atoms with van der Waals surface area (Å²) >= 11 is 0. The van der Waals surface area contributed by atoms with Crippen molar-refractivity contribution in [2.45, 2.75) is 19.3 Å². The number of hydrogen-bond donors (Lipinski definition) is 1. The van der Waals surface area contributed by atoms with Gasteiger partial charge in [0.15, 0.2) is 12.4 Å². The van der Waals surface area contributed by atoms with E-state index in [-0.39, 0.29) is 37.2 Å². The third-order valence-electron chi connectivity index (χ3n) is 4.79. The summed E-state index contributed by atoms with van der Waals surface area (Å²) in [6.07, 6.45) is 4.41. The molecule has 1 heterocycles. The molecule has 1 aliphatic heterocycles. The molecule has 7 nitrogen and oxygen atoms in total. The fraction of sp³-hybridized carbons (Fsp3) is 0.250. The second-order valence-corrected chi connectivity index (χ2v) is 7.06. The van der Waals surface area contributed by atoms with E-state index in [4.69, 9.17) is 4.74 Å². The normalized spacial score (nSPS) is 13.4. The minimum Gasteiger partial charge on any atom is -0.457 e. The van der Waals surface area contributed by atoms with Gasteiger partial charge >= 0.3 is 5.97 Å². The molecule has 0 aliphatic carbocycles. The Balaban J connectivity index is 1.36. The van der Waals surface area contributed by atoms with E-state index in [0.29, 0.717) is 18.5 Å². The second-order valence-electron chi connectivity index (χ2n) is 7.06. The van der Waals surface area contributed by atoms with E-state index >= 15 is 0 Å². The Labute approximate surface area is 180 Å². The van der Waals surface area contributed by atoms with Gasteiger partial charge in [0, 0.05) is 36.8 Å². The molecule has 2 aromatic carbocycles. The third kappa shape index (κ3) is 6.64. The number of nitrogens with one attached hydrogen (secondary N) is 1. The van der Waals surface area contributed by atoms with Crippen LogP contribution in [-0.4, -0.2) is 43.3 Å². The standard InChI is InChI=1S/C24H24N2O5/c27-21(19-9-11-20(12-10-19)26-16-4-7-23(26)29)17-31-24(30)14-15-25-22(28)13-8-18-5-2-1-3-6-18/h1-3,5-6,8-13H,4,7,14-17H2,(H,25,28)/b13-8+. The van der Waals surface area contributed by atoms with Crippen LogP contribution in [0.25, 0.3) is 6.08 Å². The quantitative estimate of drug-likeness (QED) is 0.383. The Morgan fingerprint density at radius 1 is 1.03 bits per heavy atom. The zero-order valence-electron chi connectivity index (χ0n) is 17.1. The first-order chi connectivity index (χ1) is 15.0. The summed E-state index contributed by atoms with van der Waals surface area (Å²) in [5.41, 5.74) is 2.06. The van der Waals surface area contributed by atoms with Crippen LogP contribution in [0.2, 0.25) is 0 Å². The van der Waals surface area contributed by atoms with Crippen LogP contribution >= 0.6 is 0 Å². The van der Waals surface area contributed by atoms with Crippen molar-refractivity contribution in [3.05, 3.63) is 71.8 Å². The highest BCUT2D eigenvalue weighted by atomic mass is 16.5. The Hall–Kier alpha value is -3.74. The van der Waals surface area contributed by atoms with Crippen molar-refractivity contribution in [1.29, 1.82) is 0 Å². The molecule has 0 aromatic heterocycles. The molecular formula is C24H24N2O5. The van der Waals surface area contributed by atoms with Crippen molar-refractivity contribution in [2.75, 3.05) is 24.6 Å². The SMILES string of the molecule is O=C(/C=C/c1ccccc1)NCCC(=O)OCC(=O)c1ccc(N2CCCC2=O)cc1. The van der Waals surface area contributed by atoms with E-state index < -0.39 is 5.97 Å². The number of carbonyl (C=O) groups excluding carboxylic acids is 4. The van der Waals surface area contributed by atoms with Gasteiger partial charge in [0.2, 0.25) is 11.8 Å². The van der Waals surface area contributed by atoms with Crippen molar-refractivity contribution in [3.63, 3.8) is 0 Å². The molecule has 3 rings (SSSR count). The first kappa shape index (κ1) is 22.0. The van der Waals surface area contributed by atoms with E-state index in [9.17, 15) is 19.2 Å². The number of ketones is 1. The maximum Gasteiger partial charge on any atom is 0.308 e. The lowest BCUT2D eigenvalue weighted by Crippen LogP contribution is -2.25. The largest absolute Gasteiger partial charge is 0.457 e. The highest BCUT2D eigenvalue weighted by Crippen LogP contribution is 2.21. The summed E-state index contributed by atoms with van der Waals surface area (Å²) in [5, 5.41) is 2.60. The molecule has 7 heteroatoms. The van der Waals surface area contributed by atoms with Gasteiger partial charge in [-0.3, -0.25) is 19.2 Å². The van der Waals surface area contributed by atoms with Crippen LogP contribution in [0.15, 0.2) is 60.7 Å². The Morgan fingerprint density at radius 3 is 2.45 bits per heavy atom. The summed E-state index contributed by atoms with van der Waals surface area (Å²) in [7, 11) is 0. The van der Waals surface area contributed by atoms with Crippen molar-refractivity contribution < 1.29 is 23.9 Å². The van der Waals surface area contributed by atoms with Crippen LogP contribution in [0, 0.1) is 0 Å². The fourth-order valence-corrected chi connectivity index (χ4v) is 3.13. The van der Waals surface area contributed by atoms with Crippen molar-refractivity contribution in [2.24, 2.45) is 0 Å². The van der Waals surface area contributed by atoms with Crippen LogP contribution < -0.4 is 10.2 Å². The molecule has 1 saturated heterocycles. The first-order valence-electron chi connectivity index (χ1n) is 10.1. The van der Waals surface area contributed by atoms with Gasteiger partial charge < -0.3 is 15.0 Å². The summed E-state index contributed by atoms with van der Waals surface area (Å²) in [6, 6.07) is 16.1. The average Bonchev–Trinajstić information content (AvgIpc) is 3.22. The second kappa shape index (κ2) is 10.9. The molecule has 1 N–H and O–H groups in total. The molecule has 1 aliphatic rings. The Morgan fingerprint density at radius 2 is 1.77 bits per heavy atom. The predicted octanol–water partition coefficient (Wildman–Crippen LogP) is 2.76. The fourth-order valence-electron chi connectivity index (χ4n) is 3.13. The molecule has 0 spiro atoms. The number of Topliss-reactive ketones (excluding diaryl/α,β-unsaturated/α-hetero) is 1. The molecule has 0 saturated carbocycles. The number of rotatable bonds is 9. The Kier molecular flexibility index (Phi) is 7.70. The van der Waals surface area contributed by atoms with E-state index in [1.807, 2.05) is 30.3 Å². The molecule has 31 heavy (non-hydrogen) atoms. The van der Waals surface area contributed by atoms with Crippen LogP contribution in [0.1, 0.15) is 35.2 Å². The number of hydrogen-bond acceptors (Lipinski definition) is 5. The summed E-state index contributed by atoms with van der Waals surface area (Å²) < 4.78 is 4.99. The van der Waals surface area contributed by atoms with E-state index in [1.165, 1.54) is 6.08 Å². The van der Waals surface area contributed by atoms with Crippen molar-refractivity contribution in [1.82, 2.24) is 5.32 Å². The smallest absolute Gasteiger partial charge is 0.308 e. The topological polar surface area (TPSA) is 92.8 Å². The lowest BCUT2D eigenvalue weighted by atomic mass is 10.1. The number of nitrogens with zero attached hydrogens (tertiary/aromatic N) is 1. The van der Waals surface area contributed by atoms with Gasteiger partial charge in [0.25, 0.3) is 0 Å². The van der Waals surface area contributed by atoms with Gasteiger partial charge in [-0.2, -0.15) is 0 Å². The highest BCUT2D eigenvalue weighted by molar-refractivity contribution is 5.99. The molecule has 1 fully saturated rings. The number of esters is 1. The minimum atomic E-state index is -0.569. The molecule has 2 amide bonds. The maximum atomic E-state index is 12.2. The third-order valence-corrected chi connectivity index (χ3v) is 4.79. The number of amides is 2. The molecule has 0 radical (unpaired) electrons. The molecule has 0 atom stereocenters. The van der Waals surface area contributed by atoms with Crippen LogP contribution in [0.3, 0.4) is 0 Å². The van der Waals surface area contributed by atoms with Crippen LogP contribution in [0.5, 0.6) is 0 Å². The van der Waals surface area contributed by atoms with Gasteiger partial charge in [0.1, 0.15) is 0 Å². The lowest BCUT2D eigenvalue weighted by molar-refractivity contribution is -0.142. The number of carbonyl (C=O) groups is 4. The van der Waals surface area contributed by atoms with Crippen molar-refractivity contribution >= 4 is 35.3 Å². The highest BCUT2D eigenvalue weighted by Gasteiger charge is 2.21. The van der Waals surface area contributed by atoms with E-state index in [1.54, 1.807) is 35.2 Å².